The van der Waals surface area contributed by atoms with Gasteiger partial charge >= 0.3 is 5.97 Å². The highest BCUT2D eigenvalue weighted by Gasteiger charge is 2.28. The number of rotatable bonds is 5. The summed E-state index contributed by atoms with van der Waals surface area (Å²) in [7, 11) is 1.53. The number of nitrogens with one attached hydrogen (secondary N) is 1. The van der Waals surface area contributed by atoms with E-state index in [-0.39, 0.29) is 18.6 Å². The van der Waals surface area contributed by atoms with Gasteiger partial charge in [-0.25, -0.2) is 4.79 Å². The summed E-state index contributed by atoms with van der Waals surface area (Å²) < 4.78 is 10.8. The van der Waals surface area contributed by atoms with Gasteiger partial charge in [-0.05, 0) is 52.4 Å². The van der Waals surface area contributed by atoms with Crippen LogP contribution in [0.1, 0.15) is 43.5 Å². The lowest BCUT2D eigenvalue weighted by atomic mass is 9.78. The van der Waals surface area contributed by atoms with Crippen molar-refractivity contribution >= 4 is 27.8 Å². The third-order valence-corrected chi connectivity index (χ3v) is 5.47. The molecule has 1 fully saturated rings. The molecule has 3 atom stereocenters. The molecule has 2 rings (SSSR count). The topological polar surface area (TPSA) is 64.6 Å². The normalized spacial score (nSPS) is 23.4. The fraction of sp³-hybridized carbons (Fsp3) is 0.556. The Morgan fingerprint density at radius 1 is 1.29 bits per heavy atom. The van der Waals surface area contributed by atoms with Crippen LogP contribution in [-0.2, 0) is 9.53 Å². The maximum Gasteiger partial charge on any atom is 0.339 e. The molecule has 1 aliphatic rings. The van der Waals surface area contributed by atoms with E-state index in [2.05, 4.69) is 35.1 Å². The summed E-state index contributed by atoms with van der Waals surface area (Å²) in [5, 5.41) is 2.99. The van der Waals surface area contributed by atoms with Gasteiger partial charge < -0.3 is 14.8 Å². The van der Waals surface area contributed by atoms with Crippen LogP contribution in [0, 0.1) is 11.8 Å². The average molecular weight is 398 g/mol. The molecule has 1 aromatic carbocycles. The zero-order chi connectivity index (χ0) is 17.7. The van der Waals surface area contributed by atoms with Gasteiger partial charge in [0.2, 0.25) is 0 Å². The van der Waals surface area contributed by atoms with Crippen molar-refractivity contribution in [3.05, 3.63) is 28.2 Å². The molecule has 1 aromatic rings. The largest absolute Gasteiger partial charge is 0.497 e. The summed E-state index contributed by atoms with van der Waals surface area (Å²) in [5.41, 5.74) is 0.335. The zero-order valence-corrected chi connectivity index (χ0v) is 15.9. The highest BCUT2D eigenvalue weighted by molar-refractivity contribution is 9.10. The standard InChI is InChI=1S/C18H24BrNO4/c1-11-5-4-6-16(12(11)2)20-17(21)10-24-18(22)14-9-13(23-3)7-8-15(14)19/h7-9,11-12,16H,4-6,10H2,1-3H3,(H,20,21). The SMILES string of the molecule is COc1ccc(Br)c(C(=O)OCC(=O)NC2CCCC(C)C2C)c1. The Bertz CT molecular complexity index is 605. The van der Waals surface area contributed by atoms with Crippen molar-refractivity contribution in [1.29, 1.82) is 0 Å². The van der Waals surface area contributed by atoms with Crippen LogP contribution in [0.4, 0.5) is 0 Å². The van der Waals surface area contributed by atoms with Gasteiger partial charge in [-0.15, -0.1) is 0 Å². The fourth-order valence-corrected chi connectivity index (χ4v) is 3.44. The molecule has 1 N–H and O–H groups in total. The third kappa shape index (κ3) is 4.72. The van der Waals surface area contributed by atoms with E-state index in [1.807, 2.05) is 0 Å². The highest BCUT2D eigenvalue weighted by Crippen LogP contribution is 2.29. The minimum atomic E-state index is -0.555. The number of hydrogen-bond donors (Lipinski definition) is 1. The molecular weight excluding hydrogens is 374 g/mol. The number of benzene rings is 1. The summed E-state index contributed by atoms with van der Waals surface area (Å²) in [4.78, 5) is 24.2. The molecule has 1 amide bonds. The fourth-order valence-electron chi connectivity index (χ4n) is 3.03. The maximum absolute atomic E-state index is 12.2. The Morgan fingerprint density at radius 3 is 2.75 bits per heavy atom. The molecule has 132 valence electrons. The molecule has 0 spiro atoms. The first kappa shape index (κ1) is 18.8. The van der Waals surface area contributed by atoms with Crippen LogP contribution < -0.4 is 10.1 Å². The first-order valence-electron chi connectivity index (χ1n) is 8.22. The van der Waals surface area contributed by atoms with Crippen molar-refractivity contribution in [2.75, 3.05) is 13.7 Å². The molecule has 1 aliphatic carbocycles. The number of carbonyl (C=O) groups excluding carboxylic acids is 2. The Morgan fingerprint density at radius 2 is 2.04 bits per heavy atom. The van der Waals surface area contributed by atoms with Crippen LogP contribution in [0.15, 0.2) is 22.7 Å². The minimum Gasteiger partial charge on any atom is -0.497 e. The summed E-state index contributed by atoms with van der Waals surface area (Å²) in [5.74, 6) is 0.777. The summed E-state index contributed by atoms with van der Waals surface area (Å²) in [6.45, 7) is 4.09. The molecule has 0 radical (unpaired) electrons. The average Bonchev–Trinajstić information content (AvgIpc) is 2.57. The Balaban J connectivity index is 1.88. The van der Waals surface area contributed by atoms with Crippen molar-refractivity contribution < 1.29 is 19.1 Å². The number of halogens is 1. The lowest BCUT2D eigenvalue weighted by Gasteiger charge is -2.34. The molecule has 5 nitrogen and oxygen atoms in total. The molecule has 0 aliphatic heterocycles. The van der Waals surface area contributed by atoms with Crippen LogP contribution >= 0.6 is 15.9 Å². The van der Waals surface area contributed by atoms with Gasteiger partial charge in [-0.1, -0.05) is 26.7 Å². The number of carbonyl (C=O) groups is 2. The molecule has 6 heteroatoms. The molecule has 0 heterocycles. The van der Waals surface area contributed by atoms with Crippen molar-refractivity contribution in [3.63, 3.8) is 0 Å². The quantitative estimate of drug-likeness (QED) is 0.771. The van der Waals surface area contributed by atoms with Gasteiger partial charge in [0.15, 0.2) is 6.61 Å². The molecular formula is C18H24BrNO4. The first-order chi connectivity index (χ1) is 11.4. The molecule has 3 unspecified atom stereocenters. The Labute approximate surface area is 151 Å². The highest BCUT2D eigenvalue weighted by atomic mass is 79.9. The van der Waals surface area contributed by atoms with Gasteiger partial charge in [0.25, 0.3) is 5.91 Å². The lowest BCUT2D eigenvalue weighted by Crippen LogP contribution is -2.45. The van der Waals surface area contributed by atoms with Gasteiger partial charge in [0, 0.05) is 10.5 Å². The zero-order valence-electron chi connectivity index (χ0n) is 14.3. The van der Waals surface area contributed by atoms with E-state index in [9.17, 15) is 9.59 Å². The van der Waals surface area contributed by atoms with Crippen LogP contribution in [0.5, 0.6) is 5.75 Å². The van der Waals surface area contributed by atoms with E-state index in [1.54, 1.807) is 18.2 Å². The van der Waals surface area contributed by atoms with E-state index >= 15 is 0 Å². The number of ether oxygens (including phenoxy) is 2. The molecule has 1 saturated carbocycles. The first-order valence-corrected chi connectivity index (χ1v) is 9.01. The van der Waals surface area contributed by atoms with Crippen LogP contribution in [0.25, 0.3) is 0 Å². The molecule has 24 heavy (non-hydrogen) atoms. The lowest BCUT2D eigenvalue weighted by molar-refractivity contribution is -0.125. The number of methoxy groups -OCH3 is 1. The van der Waals surface area contributed by atoms with Crippen molar-refractivity contribution in [2.24, 2.45) is 11.8 Å². The van der Waals surface area contributed by atoms with E-state index < -0.39 is 5.97 Å². The van der Waals surface area contributed by atoms with Crippen molar-refractivity contribution in [1.82, 2.24) is 5.32 Å². The van der Waals surface area contributed by atoms with Crippen LogP contribution in [0.3, 0.4) is 0 Å². The second-order valence-corrected chi connectivity index (χ2v) is 7.22. The Kier molecular flexibility index (Phi) is 6.66. The second-order valence-electron chi connectivity index (χ2n) is 6.36. The third-order valence-electron chi connectivity index (χ3n) is 4.78. The number of hydrogen-bond acceptors (Lipinski definition) is 4. The molecule has 0 aromatic heterocycles. The Hall–Kier alpha value is -1.56. The van der Waals surface area contributed by atoms with E-state index in [0.717, 1.165) is 12.8 Å². The summed E-state index contributed by atoms with van der Waals surface area (Å²) in [6.07, 6.45) is 3.30. The van der Waals surface area contributed by atoms with Gasteiger partial charge in [-0.2, -0.15) is 0 Å². The predicted molar refractivity (Wildman–Crippen MR) is 95.1 cm³/mol. The minimum absolute atomic E-state index is 0.156. The maximum atomic E-state index is 12.2. The summed E-state index contributed by atoms with van der Waals surface area (Å²) >= 11 is 3.30. The van der Waals surface area contributed by atoms with Gasteiger partial charge in [0.05, 0.1) is 12.7 Å². The molecule has 0 bridgehead atoms. The van der Waals surface area contributed by atoms with Crippen molar-refractivity contribution in [3.8, 4) is 5.75 Å². The number of esters is 1. The van der Waals surface area contributed by atoms with Crippen LogP contribution in [-0.4, -0.2) is 31.6 Å². The van der Waals surface area contributed by atoms with E-state index in [1.165, 1.54) is 13.5 Å². The van der Waals surface area contributed by atoms with Gasteiger partial charge in [0.1, 0.15) is 5.75 Å². The van der Waals surface area contributed by atoms with Crippen molar-refractivity contribution in [2.45, 2.75) is 39.2 Å². The second kappa shape index (κ2) is 8.51. The van der Waals surface area contributed by atoms with Crippen LogP contribution in [0.2, 0.25) is 0 Å². The smallest absolute Gasteiger partial charge is 0.339 e. The predicted octanol–water partition coefficient (Wildman–Crippen LogP) is 3.56. The summed E-state index contributed by atoms with van der Waals surface area (Å²) in [6, 6.07) is 5.18. The number of amides is 1. The molecule has 0 saturated heterocycles. The van der Waals surface area contributed by atoms with E-state index in [0.29, 0.717) is 27.6 Å². The van der Waals surface area contributed by atoms with E-state index in [4.69, 9.17) is 9.47 Å². The monoisotopic (exact) mass is 397 g/mol. The van der Waals surface area contributed by atoms with Gasteiger partial charge in [-0.3, -0.25) is 4.79 Å².